The van der Waals surface area contributed by atoms with Gasteiger partial charge in [0, 0.05) is 24.3 Å². The number of rotatable bonds is 6. The fourth-order valence-electron chi connectivity index (χ4n) is 2.07. The molecule has 0 aromatic heterocycles. The van der Waals surface area contributed by atoms with E-state index in [1.54, 1.807) is 12.1 Å². The summed E-state index contributed by atoms with van der Waals surface area (Å²) >= 11 is 0. The normalized spacial score (nSPS) is 14.5. The van der Waals surface area contributed by atoms with E-state index in [2.05, 4.69) is 13.8 Å². The summed E-state index contributed by atoms with van der Waals surface area (Å²) in [5.74, 6) is 1.20. The molecule has 1 aromatic carbocycles. The summed E-state index contributed by atoms with van der Waals surface area (Å²) in [5, 5.41) is 0. The average Bonchev–Trinajstić information content (AvgIpc) is 3.17. The van der Waals surface area contributed by atoms with Gasteiger partial charge in [-0.25, -0.2) is 0 Å². The van der Waals surface area contributed by atoms with Crippen molar-refractivity contribution in [3.05, 3.63) is 24.3 Å². The first-order valence-electron chi connectivity index (χ1n) is 6.84. The van der Waals surface area contributed by atoms with Gasteiger partial charge < -0.3 is 15.4 Å². The summed E-state index contributed by atoms with van der Waals surface area (Å²) in [6.07, 6.45) is 2.24. The maximum Gasteiger partial charge on any atom is 0.260 e. The number of hydrogen-bond donors (Lipinski definition) is 1. The number of nitrogens with zero attached hydrogens (tertiary/aromatic N) is 1. The van der Waals surface area contributed by atoms with Crippen LogP contribution >= 0.6 is 0 Å². The topological polar surface area (TPSA) is 55.6 Å². The van der Waals surface area contributed by atoms with Crippen LogP contribution in [0.25, 0.3) is 0 Å². The molecule has 4 heteroatoms. The van der Waals surface area contributed by atoms with Crippen molar-refractivity contribution in [2.75, 3.05) is 18.9 Å². The highest BCUT2D eigenvalue weighted by Crippen LogP contribution is 2.27. The Morgan fingerprint density at radius 3 is 2.79 bits per heavy atom. The lowest BCUT2D eigenvalue weighted by molar-refractivity contribution is -0.134. The smallest absolute Gasteiger partial charge is 0.260 e. The van der Waals surface area contributed by atoms with E-state index in [0.717, 1.165) is 19.4 Å². The van der Waals surface area contributed by atoms with Gasteiger partial charge in [0.25, 0.3) is 5.91 Å². The molecule has 19 heavy (non-hydrogen) atoms. The zero-order valence-corrected chi connectivity index (χ0v) is 11.6. The van der Waals surface area contributed by atoms with Crippen LogP contribution in [0, 0.1) is 5.92 Å². The molecule has 1 aliphatic carbocycles. The molecular formula is C15H22N2O2. The molecule has 0 radical (unpaired) electrons. The average molecular weight is 262 g/mol. The molecule has 4 nitrogen and oxygen atoms in total. The Morgan fingerprint density at radius 1 is 1.47 bits per heavy atom. The lowest BCUT2D eigenvalue weighted by Gasteiger charge is -2.24. The molecular weight excluding hydrogens is 240 g/mol. The number of nitrogen functional groups attached to an aromatic ring is 1. The van der Waals surface area contributed by atoms with Crippen molar-refractivity contribution in [1.29, 1.82) is 0 Å². The zero-order valence-electron chi connectivity index (χ0n) is 11.6. The summed E-state index contributed by atoms with van der Waals surface area (Å²) in [7, 11) is 0. The monoisotopic (exact) mass is 262 g/mol. The predicted octanol–water partition coefficient (Wildman–Crippen LogP) is 2.29. The maximum absolute atomic E-state index is 12.2. The molecule has 0 atom stereocenters. The molecule has 2 N–H and O–H groups in total. The van der Waals surface area contributed by atoms with Gasteiger partial charge in [0.05, 0.1) is 0 Å². The molecule has 0 unspecified atom stereocenters. The second-order valence-electron chi connectivity index (χ2n) is 5.53. The quantitative estimate of drug-likeness (QED) is 0.800. The fraction of sp³-hybridized carbons (Fsp3) is 0.533. The van der Waals surface area contributed by atoms with E-state index in [-0.39, 0.29) is 12.5 Å². The molecule has 2 rings (SSSR count). The third-order valence-corrected chi connectivity index (χ3v) is 3.09. The number of carbonyl (C=O) groups excluding carboxylic acids is 1. The van der Waals surface area contributed by atoms with Gasteiger partial charge in [-0.3, -0.25) is 4.79 Å². The summed E-state index contributed by atoms with van der Waals surface area (Å²) in [6.45, 7) is 5.15. The molecule has 1 aliphatic rings. The molecule has 104 valence electrons. The van der Waals surface area contributed by atoms with E-state index < -0.39 is 0 Å². The summed E-state index contributed by atoms with van der Waals surface area (Å²) < 4.78 is 5.52. The SMILES string of the molecule is CC(C)CN(C(=O)COc1cccc(N)c1)C1CC1. The summed E-state index contributed by atoms with van der Waals surface area (Å²) in [6, 6.07) is 7.59. The standard InChI is InChI=1S/C15H22N2O2/c1-11(2)9-17(13-6-7-13)15(18)10-19-14-5-3-4-12(16)8-14/h3-5,8,11,13H,6-7,9-10,16H2,1-2H3. The van der Waals surface area contributed by atoms with Crippen molar-refractivity contribution in [2.45, 2.75) is 32.7 Å². The molecule has 1 aromatic rings. The van der Waals surface area contributed by atoms with Gasteiger partial charge in [-0.05, 0) is 30.9 Å². The van der Waals surface area contributed by atoms with Gasteiger partial charge >= 0.3 is 0 Å². The zero-order chi connectivity index (χ0) is 13.8. The third kappa shape index (κ3) is 4.16. The molecule has 0 aliphatic heterocycles. The fourth-order valence-corrected chi connectivity index (χ4v) is 2.07. The van der Waals surface area contributed by atoms with Crippen LogP contribution in [0.5, 0.6) is 5.75 Å². The second kappa shape index (κ2) is 5.95. The summed E-state index contributed by atoms with van der Waals surface area (Å²) in [4.78, 5) is 14.1. The number of nitrogens with two attached hydrogens (primary N) is 1. The van der Waals surface area contributed by atoms with Crippen LogP contribution in [-0.4, -0.2) is 30.0 Å². The Labute approximate surface area is 114 Å². The van der Waals surface area contributed by atoms with E-state index in [1.165, 1.54) is 0 Å². The van der Waals surface area contributed by atoms with Gasteiger partial charge in [-0.2, -0.15) is 0 Å². The van der Waals surface area contributed by atoms with Crippen LogP contribution in [0.1, 0.15) is 26.7 Å². The van der Waals surface area contributed by atoms with Gasteiger partial charge in [0.2, 0.25) is 0 Å². The van der Waals surface area contributed by atoms with E-state index in [1.807, 2.05) is 17.0 Å². The molecule has 1 amide bonds. The Balaban J connectivity index is 1.88. The van der Waals surface area contributed by atoms with Crippen molar-refractivity contribution in [3.8, 4) is 5.75 Å². The van der Waals surface area contributed by atoms with Crippen molar-refractivity contribution in [2.24, 2.45) is 5.92 Å². The highest BCUT2D eigenvalue weighted by Gasteiger charge is 2.32. The van der Waals surface area contributed by atoms with Crippen LogP contribution < -0.4 is 10.5 Å². The minimum Gasteiger partial charge on any atom is -0.484 e. The molecule has 0 saturated heterocycles. The number of anilines is 1. The Morgan fingerprint density at radius 2 is 2.21 bits per heavy atom. The van der Waals surface area contributed by atoms with Crippen LogP contribution in [0.2, 0.25) is 0 Å². The molecule has 0 spiro atoms. The molecule has 1 fully saturated rings. The maximum atomic E-state index is 12.2. The van der Waals surface area contributed by atoms with Gasteiger partial charge in [-0.1, -0.05) is 19.9 Å². The number of hydrogen-bond acceptors (Lipinski definition) is 3. The minimum absolute atomic E-state index is 0.0682. The van der Waals surface area contributed by atoms with E-state index in [0.29, 0.717) is 23.4 Å². The Bertz CT molecular complexity index is 442. The van der Waals surface area contributed by atoms with E-state index >= 15 is 0 Å². The largest absolute Gasteiger partial charge is 0.484 e. The summed E-state index contributed by atoms with van der Waals surface area (Å²) in [5.41, 5.74) is 6.32. The predicted molar refractivity (Wildman–Crippen MR) is 75.9 cm³/mol. The second-order valence-corrected chi connectivity index (χ2v) is 5.53. The first-order valence-corrected chi connectivity index (χ1v) is 6.84. The van der Waals surface area contributed by atoms with Crippen molar-refractivity contribution in [1.82, 2.24) is 4.90 Å². The van der Waals surface area contributed by atoms with Crippen molar-refractivity contribution < 1.29 is 9.53 Å². The van der Waals surface area contributed by atoms with Crippen molar-refractivity contribution >= 4 is 11.6 Å². The highest BCUT2D eigenvalue weighted by atomic mass is 16.5. The van der Waals surface area contributed by atoms with Crippen LogP contribution in [0.3, 0.4) is 0 Å². The number of benzene rings is 1. The Hall–Kier alpha value is -1.71. The van der Waals surface area contributed by atoms with Gasteiger partial charge in [0.1, 0.15) is 5.75 Å². The number of ether oxygens (including phenoxy) is 1. The first-order chi connectivity index (χ1) is 9.06. The lowest BCUT2D eigenvalue weighted by Crippen LogP contribution is -2.39. The molecule has 0 heterocycles. The number of carbonyl (C=O) groups is 1. The van der Waals surface area contributed by atoms with E-state index in [4.69, 9.17) is 10.5 Å². The van der Waals surface area contributed by atoms with Crippen molar-refractivity contribution in [3.63, 3.8) is 0 Å². The van der Waals surface area contributed by atoms with Crippen LogP contribution in [0.15, 0.2) is 24.3 Å². The number of amides is 1. The lowest BCUT2D eigenvalue weighted by atomic mass is 10.2. The third-order valence-electron chi connectivity index (χ3n) is 3.09. The van der Waals surface area contributed by atoms with E-state index in [9.17, 15) is 4.79 Å². The minimum atomic E-state index is 0.0682. The van der Waals surface area contributed by atoms with Crippen LogP contribution in [-0.2, 0) is 4.79 Å². The molecule has 1 saturated carbocycles. The van der Waals surface area contributed by atoms with Gasteiger partial charge in [0.15, 0.2) is 6.61 Å². The van der Waals surface area contributed by atoms with Gasteiger partial charge in [-0.15, -0.1) is 0 Å². The molecule has 0 bridgehead atoms. The highest BCUT2D eigenvalue weighted by molar-refractivity contribution is 5.78. The van der Waals surface area contributed by atoms with Crippen LogP contribution in [0.4, 0.5) is 5.69 Å². The Kier molecular flexibility index (Phi) is 4.30. The first kappa shape index (κ1) is 13.7.